The molecule has 0 spiro atoms. The molecule has 0 amide bonds. The first-order valence-corrected chi connectivity index (χ1v) is 7.62. The van der Waals surface area contributed by atoms with E-state index in [0.29, 0.717) is 18.7 Å². The molecule has 0 bridgehead atoms. The van der Waals surface area contributed by atoms with Crippen molar-refractivity contribution in [3.05, 3.63) is 23.3 Å². The molecule has 2 aliphatic rings. The number of fused-ring (bicyclic) bond motifs is 1. The van der Waals surface area contributed by atoms with Crippen LogP contribution in [-0.2, 0) is 20.7 Å². The van der Waals surface area contributed by atoms with Gasteiger partial charge in [0.1, 0.15) is 11.8 Å². The van der Waals surface area contributed by atoms with E-state index >= 15 is 0 Å². The Labute approximate surface area is 133 Å². The zero-order valence-electron chi connectivity index (χ0n) is 12.8. The Morgan fingerprint density at radius 2 is 2.26 bits per heavy atom. The van der Waals surface area contributed by atoms with Crippen LogP contribution < -0.4 is 4.90 Å². The van der Waals surface area contributed by atoms with Gasteiger partial charge in [0.05, 0.1) is 5.69 Å². The first kappa shape index (κ1) is 15.5. The summed E-state index contributed by atoms with van der Waals surface area (Å²) < 4.78 is 10.2. The number of benzene rings is 1. The summed E-state index contributed by atoms with van der Waals surface area (Å²) in [5.41, 5.74) is 3.21. The Morgan fingerprint density at radius 1 is 1.43 bits per heavy atom. The molecule has 7 heteroatoms. The highest BCUT2D eigenvalue weighted by Crippen LogP contribution is 2.42. The summed E-state index contributed by atoms with van der Waals surface area (Å²) >= 11 is 0. The summed E-state index contributed by atoms with van der Waals surface area (Å²) in [6.07, 6.45) is 1.47. The second-order valence-electron chi connectivity index (χ2n) is 5.68. The molecule has 23 heavy (non-hydrogen) atoms. The first-order valence-electron chi connectivity index (χ1n) is 7.62. The van der Waals surface area contributed by atoms with Gasteiger partial charge in [0.25, 0.3) is 0 Å². The number of aliphatic imine (C=N–C) groups is 1. The van der Waals surface area contributed by atoms with Gasteiger partial charge in [-0.3, -0.25) is 0 Å². The average Bonchev–Trinajstić information content (AvgIpc) is 3.08. The molecule has 7 nitrogen and oxygen atoms in total. The largest absolute Gasteiger partial charge is 0.509 e. The predicted octanol–water partition coefficient (Wildman–Crippen LogP) is 2.00. The Morgan fingerprint density at radius 3 is 2.91 bits per heavy atom. The summed E-state index contributed by atoms with van der Waals surface area (Å²) in [5, 5.41) is 9.01. The van der Waals surface area contributed by atoms with Gasteiger partial charge < -0.3 is 19.5 Å². The van der Waals surface area contributed by atoms with E-state index in [9.17, 15) is 9.59 Å². The molecular weight excluding hydrogens is 300 g/mol. The number of ether oxygens (including phenoxy) is 2. The van der Waals surface area contributed by atoms with Crippen LogP contribution in [0.5, 0.6) is 0 Å². The number of anilines is 1. The number of cyclic esters (lactones) is 2. The van der Waals surface area contributed by atoms with Crippen LogP contribution in [0, 0.1) is 0 Å². The average molecular weight is 318 g/mol. The van der Waals surface area contributed by atoms with E-state index in [2.05, 4.69) is 9.89 Å². The third-order valence-corrected chi connectivity index (χ3v) is 4.17. The number of carbonyl (C=O) groups is 1. The molecule has 1 saturated heterocycles. The molecule has 122 valence electrons. The second kappa shape index (κ2) is 6.40. The van der Waals surface area contributed by atoms with Crippen molar-refractivity contribution < 1.29 is 24.2 Å². The van der Waals surface area contributed by atoms with Crippen molar-refractivity contribution in [2.24, 2.45) is 4.99 Å². The molecule has 1 N–H and O–H groups in total. The van der Waals surface area contributed by atoms with Crippen LogP contribution >= 0.6 is 0 Å². The number of isocyanates is 1. The smallest absolute Gasteiger partial charge is 0.427 e. The number of aliphatic hydroxyl groups is 1. The fourth-order valence-electron chi connectivity index (χ4n) is 3.19. The lowest BCUT2D eigenvalue weighted by Gasteiger charge is -2.21. The minimum Gasteiger partial charge on any atom is -0.427 e. The molecule has 0 saturated carbocycles. The zero-order chi connectivity index (χ0) is 16.4. The van der Waals surface area contributed by atoms with Gasteiger partial charge in [-0.1, -0.05) is 0 Å². The summed E-state index contributed by atoms with van der Waals surface area (Å²) in [7, 11) is 0. The van der Waals surface area contributed by atoms with E-state index in [1.54, 1.807) is 19.1 Å². The highest BCUT2D eigenvalue weighted by atomic mass is 16.8. The number of hydrogen-bond acceptors (Lipinski definition) is 7. The van der Waals surface area contributed by atoms with Gasteiger partial charge in [0, 0.05) is 19.7 Å². The standard InChI is InChI=1S/C16H18N2O5/c1-10-15(23-16(21)22-10)12-7-11-3-5-18(4-2-6-19)14(11)13(8-12)17-9-20/h7-8,10,15,19H,2-6H2,1H3/t10-,15+/m1/s1. The fourth-order valence-corrected chi connectivity index (χ4v) is 3.19. The number of hydrogen-bond donors (Lipinski definition) is 1. The maximum Gasteiger partial charge on any atom is 0.509 e. The van der Waals surface area contributed by atoms with E-state index < -0.39 is 12.3 Å². The monoisotopic (exact) mass is 318 g/mol. The third-order valence-electron chi connectivity index (χ3n) is 4.17. The number of aliphatic hydroxyl groups excluding tert-OH is 1. The quantitative estimate of drug-likeness (QED) is 0.507. The summed E-state index contributed by atoms with van der Waals surface area (Å²) in [6, 6.07) is 3.71. The van der Waals surface area contributed by atoms with Gasteiger partial charge in [-0.2, -0.15) is 4.99 Å². The van der Waals surface area contributed by atoms with E-state index in [0.717, 1.165) is 29.8 Å². The van der Waals surface area contributed by atoms with Crippen molar-refractivity contribution in [2.45, 2.75) is 32.0 Å². The van der Waals surface area contributed by atoms with Crippen LogP contribution in [0.25, 0.3) is 0 Å². The van der Waals surface area contributed by atoms with Gasteiger partial charge in [-0.05, 0) is 43.0 Å². The number of nitrogens with zero attached hydrogens (tertiary/aromatic N) is 2. The van der Waals surface area contributed by atoms with Crippen molar-refractivity contribution >= 4 is 23.6 Å². The Balaban J connectivity index is 1.98. The van der Waals surface area contributed by atoms with Crippen molar-refractivity contribution in [1.82, 2.24) is 0 Å². The van der Waals surface area contributed by atoms with Crippen LogP contribution in [0.2, 0.25) is 0 Å². The van der Waals surface area contributed by atoms with Gasteiger partial charge >= 0.3 is 6.16 Å². The van der Waals surface area contributed by atoms with Crippen LogP contribution in [-0.4, -0.2) is 43.1 Å². The maximum absolute atomic E-state index is 11.3. The molecule has 2 atom stereocenters. The molecular formula is C16H18N2O5. The van der Waals surface area contributed by atoms with Crippen molar-refractivity contribution in [3.8, 4) is 0 Å². The molecule has 2 aliphatic heterocycles. The lowest BCUT2D eigenvalue weighted by atomic mass is 10.00. The molecule has 1 aromatic carbocycles. The molecule has 2 heterocycles. The topological polar surface area (TPSA) is 88.4 Å². The van der Waals surface area contributed by atoms with Crippen LogP contribution in [0.3, 0.4) is 0 Å². The van der Waals surface area contributed by atoms with Crippen molar-refractivity contribution in [2.75, 3.05) is 24.6 Å². The molecule has 0 aliphatic carbocycles. The molecule has 0 radical (unpaired) electrons. The highest BCUT2D eigenvalue weighted by Gasteiger charge is 2.36. The Hall–Kier alpha value is -2.37. The van der Waals surface area contributed by atoms with Crippen molar-refractivity contribution in [1.29, 1.82) is 0 Å². The molecule has 0 aromatic heterocycles. The van der Waals surface area contributed by atoms with Gasteiger partial charge in [0.2, 0.25) is 6.08 Å². The molecule has 1 aromatic rings. The Bertz CT molecular complexity index is 669. The van der Waals surface area contributed by atoms with Crippen LogP contribution in [0.4, 0.5) is 16.2 Å². The maximum atomic E-state index is 11.3. The van der Waals surface area contributed by atoms with E-state index in [4.69, 9.17) is 14.6 Å². The molecule has 0 unspecified atom stereocenters. The summed E-state index contributed by atoms with van der Waals surface area (Å²) in [4.78, 5) is 28.0. The Kier molecular flexibility index (Phi) is 4.32. The normalized spacial score (nSPS) is 22.3. The fraction of sp³-hybridized carbons (Fsp3) is 0.500. The summed E-state index contributed by atoms with van der Waals surface area (Å²) in [5.74, 6) is 0. The highest BCUT2D eigenvalue weighted by molar-refractivity contribution is 5.77. The van der Waals surface area contributed by atoms with Crippen LogP contribution in [0.1, 0.15) is 30.6 Å². The van der Waals surface area contributed by atoms with Gasteiger partial charge in [-0.25, -0.2) is 9.59 Å². The van der Waals surface area contributed by atoms with E-state index in [1.165, 1.54) is 0 Å². The van der Waals surface area contributed by atoms with E-state index in [1.807, 2.05) is 6.07 Å². The number of rotatable bonds is 5. The first-order chi connectivity index (χ1) is 11.1. The minimum absolute atomic E-state index is 0.114. The van der Waals surface area contributed by atoms with Gasteiger partial charge in [-0.15, -0.1) is 0 Å². The summed E-state index contributed by atoms with van der Waals surface area (Å²) in [6.45, 7) is 3.38. The zero-order valence-corrected chi connectivity index (χ0v) is 12.8. The third kappa shape index (κ3) is 2.93. The SMILES string of the molecule is C[C@H]1OC(=O)O[C@@H]1c1cc2c(c(N=C=O)c1)N(CCCO)CC2. The van der Waals surface area contributed by atoms with Gasteiger partial charge in [0.15, 0.2) is 6.10 Å². The molecule has 3 rings (SSSR count). The predicted molar refractivity (Wildman–Crippen MR) is 81.6 cm³/mol. The second-order valence-corrected chi connectivity index (χ2v) is 5.68. The number of carbonyl (C=O) groups excluding carboxylic acids is 2. The minimum atomic E-state index is -0.687. The lowest BCUT2D eigenvalue weighted by Crippen LogP contribution is -2.22. The lowest BCUT2D eigenvalue weighted by molar-refractivity contribution is 0.117. The van der Waals surface area contributed by atoms with E-state index in [-0.39, 0.29) is 12.7 Å². The van der Waals surface area contributed by atoms with Crippen molar-refractivity contribution in [3.63, 3.8) is 0 Å². The molecule has 1 fully saturated rings. The van der Waals surface area contributed by atoms with Crippen LogP contribution in [0.15, 0.2) is 17.1 Å².